The van der Waals surface area contributed by atoms with E-state index in [0.29, 0.717) is 5.92 Å². The molecule has 0 amide bonds. The van der Waals surface area contributed by atoms with E-state index < -0.39 is 36.4 Å². The molecule has 0 aliphatic rings. The van der Waals surface area contributed by atoms with Gasteiger partial charge in [0.2, 0.25) is 0 Å². The van der Waals surface area contributed by atoms with Gasteiger partial charge < -0.3 is 25.3 Å². The molecule has 2 aromatic rings. The van der Waals surface area contributed by atoms with Crippen molar-refractivity contribution in [3.05, 3.63) is 64.9 Å². The van der Waals surface area contributed by atoms with Gasteiger partial charge in [0.25, 0.3) is 0 Å². The minimum atomic E-state index is -2.74. The lowest BCUT2D eigenvalue weighted by molar-refractivity contribution is -0.170. The van der Waals surface area contributed by atoms with E-state index in [-0.39, 0.29) is 0 Å². The number of pyridine rings is 1. The van der Waals surface area contributed by atoms with Gasteiger partial charge in [0, 0.05) is 22.8 Å². The Labute approximate surface area is 190 Å². The molecule has 0 aliphatic heterocycles. The van der Waals surface area contributed by atoms with E-state index in [1.807, 2.05) is 30.5 Å². The largest absolute Gasteiger partial charge is 0.481 e. The lowest BCUT2D eigenvalue weighted by Crippen LogP contribution is -2.42. The number of hydrogen-bond donors (Lipinski definition) is 4. The summed E-state index contributed by atoms with van der Waals surface area (Å²) in [5, 5.41) is 34.6. The fourth-order valence-corrected chi connectivity index (χ4v) is 2.99. The highest BCUT2D eigenvalue weighted by molar-refractivity contribution is 6.30. The van der Waals surface area contributed by atoms with Crippen LogP contribution in [0.3, 0.4) is 0 Å². The van der Waals surface area contributed by atoms with Crippen molar-refractivity contribution in [2.75, 3.05) is 20.6 Å². The van der Waals surface area contributed by atoms with Crippen LogP contribution in [0.5, 0.6) is 0 Å². The lowest BCUT2D eigenvalue weighted by atomic mass is 9.92. The SMILES string of the molecule is CN(C)CCC(c1ccc(Cl)cc1)c1ccccn1.O=C(O)CC(O)(CC(=O)O)C(=O)O. The second kappa shape index (κ2) is 12.7. The lowest BCUT2D eigenvalue weighted by Gasteiger charge is -2.19. The van der Waals surface area contributed by atoms with Gasteiger partial charge >= 0.3 is 17.9 Å². The average Bonchev–Trinajstić information content (AvgIpc) is 2.69. The predicted molar refractivity (Wildman–Crippen MR) is 118 cm³/mol. The molecule has 174 valence electrons. The highest BCUT2D eigenvalue weighted by Crippen LogP contribution is 2.27. The van der Waals surface area contributed by atoms with Crippen LogP contribution in [0.1, 0.15) is 36.4 Å². The molecule has 1 aromatic carbocycles. The highest BCUT2D eigenvalue weighted by Gasteiger charge is 2.40. The molecule has 4 N–H and O–H groups in total. The monoisotopic (exact) mass is 466 g/mol. The van der Waals surface area contributed by atoms with E-state index in [1.165, 1.54) is 5.56 Å². The van der Waals surface area contributed by atoms with Crippen LogP contribution in [0.25, 0.3) is 0 Å². The van der Waals surface area contributed by atoms with Crippen LogP contribution in [0, 0.1) is 0 Å². The van der Waals surface area contributed by atoms with Crippen LogP contribution in [0.15, 0.2) is 48.7 Å². The molecule has 1 aromatic heterocycles. The number of halogens is 1. The van der Waals surface area contributed by atoms with Crippen molar-refractivity contribution in [3.63, 3.8) is 0 Å². The summed E-state index contributed by atoms with van der Waals surface area (Å²) in [5.74, 6) is -4.70. The number of carboxylic acids is 3. The summed E-state index contributed by atoms with van der Waals surface area (Å²) in [6, 6.07) is 14.2. The number of aromatic nitrogens is 1. The minimum Gasteiger partial charge on any atom is -0.481 e. The van der Waals surface area contributed by atoms with E-state index in [4.69, 9.17) is 32.0 Å². The first-order valence-corrected chi connectivity index (χ1v) is 10.0. The molecule has 10 heteroatoms. The molecule has 2 rings (SSSR count). The Morgan fingerprint density at radius 2 is 1.56 bits per heavy atom. The highest BCUT2D eigenvalue weighted by atomic mass is 35.5. The first-order valence-electron chi connectivity index (χ1n) is 9.65. The van der Waals surface area contributed by atoms with Gasteiger partial charge in [-0.3, -0.25) is 14.6 Å². The van der Waals surface area contributed by atoms with Gasteiger partial charge in [-0.2, -0.15) is 0 Å². The van der Waals surface area contributed by atoms with E-state index in [1.54, 1.807) is 0 Å². The van der Waals surface area contributed by atoms with Crippen molar-refractivity contribution in [3.8, 4) is 0 Å². The van der Waals surface area contributed by atoms with E-state index in [9.17, 15) is 14.4 Å². The topological polar surface area (TPSA) is 148 Å². The van der Waals surface area contributed by atoms with E-state index in [0.717, 1.165) is 23.7 Å². The summed E-state index contributed by atoms with van der Waals surface area (Å²) in [7, 11) is 4.19. The molecule has 32 heavy (non-hydrogen) atoms. The first kappa shape index (κ1) is 27.0. The molecule has 0 spiro atoms. The van der Waals surface area contributed by atoms with Gasteiger partial charge in [0.05, 0.1) is 12.8 Å². The van der Waals surface area contributed by atoms with Gasteiger partial charge in [0.1, 0.15) is 0 Å². The number of aliphatic carboxylic acids is 3. The van der Waals surface area contributed by atoms with Crippen LogP contribution >= 0.6 is 11.6 Å². The van der Waals surface area contributed by atoms with E-state index in [2.05, 4.69) is 42.2 Å². The number of benzene rings is 1. The quantitative estimate of drug-likeness (QED) is 0.414. The van der Waals surface area contributed by atoms with Crippen LogP contribution in [0.4, 0.5) is 0 Å². The zero-order valence-electron chi connectivity index (χ0n) is 17.8. The number of aliphatic hydroxyl groups is 1. The van der Waals surface area contributed by atoms with Crippen LogP contribution in [-0.4, -0.2) is 74.5 Å². The van der Waals surface area contributed by atoms with Crippen LogP contribution in [0.2, 0.25) is 5.02 Å². The summed E-state index contributed by atoms with van der Waals surface area (Å²) < 4.78 is 0. The third-order valence-corrected chi connectivity index (χ3v) is 4.72. The zero-order valence-corrected chi connectivity index (χ0v) is 18.6. The summed E-state index contributed by atoms with van der Waals surface area (Å²) in [5.41, 5.74) is -0.353. The summed E-state index contributed by atoms with van der Waals surface area (Å²) >= 11 is 5.97. The molecule has 0 saturated heterocycles. The molecule has 1 unspecified atom stereocenters. The number of carboxylic acid groups (broad SMARTS) is 3. The number of carbonyl (C=O) groups is 3. The molecule has 0 fully saturated rings. The average molecular weight is 467 g/mol. The van der Waals surface area contributed by atoms with E-state index >= 15 is 0 Å². The van der Waals surface area contributed by atoms with Gasteiger partial charge in [-0.15, -0.1) is 0 Å². The third-order valence-electron chi connectivity index (χ3n) is 4.47. The number of hydrogen-bond acceptors (Lipinski definition) is 6. The second-order valence-corrected chi connectivity index (χ2v) is 7.86. The Morgan fingerprint density at radius 3 is 1.97 bits per heavy atom. The van der Waals surface area contributed by atoms with Crippen molar-refractivity contribution >= 4 is 29.5 Å². The fraction of sp³-hybridized carbons (Fsp3) is 0.364. The molecular formula is C22H27ClN2O7. The van der Waals surface area contributed by atoms with Crippen molar-refractivity contribution in [1.82, 2.24) is 9.88 Å². The molecule has 9 nitrogen and oxygen atoms in total. The summed E-state index contributed by atoms with van der Waals surface area (Å²) in [6.45, 7) is 1.03. The Bertz CT molecular complexity index is 873. The first-order chi connectivity index (χ1) is 14.9. The summed E-state index contributed by atoms with van der Waals surface area (Å²) in [6.07, 6.45) is 0.614. The van der Waals surface area contributed by atoms with Crippen LogP contribution in [-0.2, 0) is 14.4 Å². The molecule has 0 saturated carbocycles. The Kier molecular flexibility index (Phi) is 10.8. The third kappa shape index (κ3) is 9.42. The van der Waals surface area contributed by atoms with Crippen molar-refractivity contribution in [1.29, 1.82) is 0 Å². The van der Waals surface area contributed by atoms with Crippen molar-refractivity contribution < 1.29 is 34.8 Å². The molecule has 1 atom stereocenters. The predicted octanol–water partition coefficient (Wildman–Crippen LogP) is 2.57. The fourth-order valence-electron chi connectivity index (χ4n) is 2.86. The Balaban J connectivity index is 0.000000347. The number of nitrogens with zero attached hydrogens (tertiary/aromatic N) is 2. The zero-order chi connectivity index (χ0) is 24.3. The van der Waals surface area contributed by atoms with Gasteiger partial charge in [-0.25, -0.2) is 4.79 Å². The maximum atomic E-state index is 10.3. The molecular weight excluding hydrogens is 440 g/mol. The molecule has 0 bridgehead atoms. The molecule has 0 radical (unpaired) electrons. The van der Waals surface area contributed by atoms with Crippen molar-refractivity contribution in [2.45, 2.75) is 30.8 Å². The maximum Gasteiger partial charge on any atom is 0.336 e. The smallest absolute Gasteiger partial charge is 0.336 e. The Morgan fingerprint density at radius 1 is 1.00 bits per heavy atom. The van der Waals surface area contributed by atoms with Crippen LogP contribution < -0.4 is 0 Å². The number of rotatable bonds is 10. The minimum absolute atomic E-state index is 0.320. The molecule has 1 heterocycles. The van der Waals surface area contributed by atoms with Gasteiger partial charge in [-0.1, -0.05) is 29.8 Å². The standard InChI is InChI=1S/C16H19ClN2.C6H8O7/c1-19(2)12-10-15(16-5-3-4-11-18-16)13-6-8-14(17)9-7-13;7-3(8)1-6(13,5(11)12)2-4(9)10/h3-9,11,15H,10,12H2,1-2H3;13H,1-2H2,(H,7,8)(H,9,10)(H,11,12). The normalized spacial score (nSPS) is 11.9. The molecule has 0 aliphatic carbocycles. The Hall–Kier alpha value is -3.01. The summed E-state index contributed by atoms with van der Waals surface area (Å²) in [4.78, 5) is 37.2. The maximum absolute atomic E-state index is 10.3. The van der Waals surface area contributed by atoms with Crippen molar-refractivity contribution in [2.24, 2.45) is 0 Å². The second-order valence-electron chi connectivity index (χ2n) is 7.43. The van der Waals surface area contributed by atoms with Gasteiger partial charge in [0.15, 0.2) is 5.60 Å². The van der Waals surface area contributed by atoms with Gasteiger partial charge in [-0.05, 0) is 56.9 Å².